The van der Waals surface area contributed by atoms with E-state index in [1.165, 1.54) is 23.5 Å². The van der Waals surface area contributed by atoms with Crippen molar-refractivity contribution in [2.24, 2.45) is 10.4 Å². The van der Waals surface area contributed by atoms with Crippen molar-refractivity contribution in [2.45, 2.75) is 50.2 Å². The number of carbonyl (C=O) groups is 3. The molecule has 3 saturated carbocycles. The molecule has 2 N–H and O–H groups in total. The fourth-order valence-electron chi connectivity index (χ4n) is 7.84. The number of nitrogens with zero attached hydrogens (tertiary/aromatic N) is 5. The van der Waals surface area contributed by atoms with E-state index in [1.807, 2.05) is 15.2 Å². The number of amidine groups is 1. The van der Waals surface area contributed by atoms with Gasteiger partial charge < -0.3 is 25.0 Å². The number of ether oxygens (including phenoxy) is 1. The van der Waals surface area contributed by atoms with Crippen molar-refractivity contribution in [3.8, 4) is 0 Å². The summed E-state index contributed by atoms with van der Waals surface area (Å²) in [4.78, 5) is 53.5. The lowest BCUT2D eigenvalue weighted by molar-refractivity contribution is -0.208. The second-order valence-electron chi connectivity index (χ2n) is 12.4. The van der Waals surface area contributed by atoms with Gasteiger partial charge in [0.15, 0.2) is 10.8 Å². The van der Waals surface area contributed by atoms with E-state index in [4.69, 9.17) is 21.3 Å². The van der Waals surface area contributed by atoms with Crippen LogP contribution in [-0.4, -0.2) is 99.5 Å². The van der Waals surface area contributed by atoms with Crippen LogP contribution in [0.15, 0.2) is 46.0 Å². The van der Waals surface area contributed by atoms with Crippen LogP contribution in [0.1, 0.15) is 49.2 Å². The molecule has 1 aromatic carbocycles. The van der Waals surface area contributed by atoms with E-state index in [9.17, 15) is 23.9 Å². The van der Waals surface area contributed by atoms with Gasteiger partial charge in [0.1, 0.15) is 11.9 Å². The molecule has 5 fully saturated rings. The van der Waals surface area contributed by atoms with E-state index >= 15 is 0 Å². The highest BCUT2D eigenvalue weighted by Crippen LogP contribution is 2.72. The number of carboxylic acid groups (broad SMARTS) is 1. The van der Waals surface area contributed by atoms with Gasteiger partial charge in [0.2, 0.25) is 0 Å². The Morgan fingerprint density at radius 3 is 2.75 bits per heavy atom. The van der Waals surface area contributed by atoms with Gasteiger partial charge in [0.05, 0.1) is 29.7 Å². The number of piperazine rings is 1. The van der Waals surface area contributed by atoms with Crippen LogP contribution in [0.4, 0.5) is 9.18 Å². The first-order valence-corrected chi connectivity index (χ1v) is 16.0. The molecule has 1 aromatic heterocycles. The van der Waals surface area contributed by atoms with Crippen molar-refractivity contribution in [1.82, 2.24) is 25.0 Å². The first-order chi connectivity index (χ1) is 21.1. The summed E-state index contributed by atoms with van der Waals surface area (Å²) < 4.78 is 20.1. The minimum absolute atomic E-state index is 0.0273. The summed E-state index contributed by atoms with van der Waals surface area (Å²) in [5.41, 5.74) is 0.809. The summed E-state index contributed by atoms with van der Waals surface area (Å²) in [6, 6.07) is 3.54. The highest BCUT2D eigenvalue weighted by atomic mass is 35.5. The third-order valence-electron chi connectivity index (χ3n) is 9.56. The Balaban J connectivity index is 1.15. The van der Waals surface area contributed by atoms with Crippen LogP contribution in [0.2, 0.25) is 5.02 Å². The van der Waals surface area contributed by atoms with Crippen molar-refractivity contribution >= 4 is 46.7 Å². The van der Waals surface area contributed by atoms with Crippen LogP contribution in [0, 0.1) is 11.2 Å². The Morgan fingerprint density at radius 1 is 1.25 bits per heavy atom. The average molecular weight is 643 g/mol. The van der Waals surface area contributed by atoms with Gasteiger partial charge in [-0.15, -0.1) is 11.3 Å². The summed E-state index contributed by atoms with van der Waals surface area (Å²) in [6.07, 6.45) is 4.09. The van der Waals surface area contributed by atoms with E-state index in [-0.39, 0.29) is 46.7 Å². The van der Waals surface area contributed by atoms with Crippen molar-refractivity contribution in [3.63, 3.8) is 0 Å². The molecule has 232 valence electrons. The highest BCUT2D eigenvalue weighted by Gasteiger charge is 2.72. The summed E-state index contributed by atoms with van der Waals surface area (Å²) >= 11 is 7.82. The third kappa shape index (κ3) is 4.76. The lowest BCUT2D eigenvalue weighted by Gasteiger charge is -2.73. The van der Waals surface area contributed by atoms with E-state index in [0.29, 0.717) is 54.8 Å². The van der Waals surface area contributed by atoms with Crippen LogP contribution < -0.4 is 5.32 Å². The maximum atomic E-state index is 14.6. The molecule has 2 unspecified atom stereocenters. The first-order valence-electron chi connectivity index (χ1n) is 14.7. The average Bonchev–Trinajstić information content (AvgIpc) is 3.60. The number of urea groups is 1. The molecule has 2 saturated heterocycles. The Morgan fingerprint density at radius 2 is 2.05 bits per heavy atom. The molecule has 14 heteroatoms. The fraction of sp³-hybridized carbons (Fsp3) is 0.500. The summed E-state index contributed by atoms with van der Waals surface area (Å²) in [7, 11) is 0. The Labute approximate surface area is 262 Å². The normalized spacial score (nSPS) is 29.4. The molecule has 2 aromatic rings. The molecule has 6 aliphatic rings. The molecule has 11 nitrogen and oxygen atoms in total. The summed E-state index contributed by atoms with van der Waals surface area (Å²) in [5, 5.41) is 14.9. The number of aliphatic imine (C=N–C) groups is 1. The zero-order valence-electron chi connectivity index (χ0n) is 24.1. The zero-order valence-corrected chi connectivity index (χ0v) is 25.7. The quantitative estimate of drug-likeness (QED) is 0.397. The van der Waals surface area contributed by atoms with Gasteiger partial charge >= 0.3 is 18.0 Å². The predicted molar refractivity (Wildman–Crippen MR) is 160 cm³/mol. The Kier molecular flexibility index (Phi) is 7.17. The number of esters is 1. The first kappa shape index (κ1) is 29.2. The number of hydrogen-bond acceptors (Lipinski definition) is 9. The maximum absolute atomic E-state index is 14.6. The number of thiazole rings is 1. The minimum Gasteiger partial charge on any atom is -0.481 e. The Hall–Kier alpha value is -3.55. The standard InChI is InChI=1S/C30H32ClFN6O5S/c1-2-43-27(41)22-20(34-25(26-33-6-9-44-26)35-24(22)18-4-3-5-19(32)23(18)31)13-36-7-8-37-17(11-36)12-38(28(37)42)30-14-29(15-30,16-30)10-21(39)40/h3-6,9,17,24H,2,7-8,10-16H2,1H3,(H,34,35)(H,39,40). The van der Waals surface area contributed by atoms with Crippen molar-refractivity contribution in [2.75, 3.05) is 39.3 Å². The molecule has 2 amide bonds. The van der Waals surface area contributed by atoms with E-state index in [1.54, 1.807) is 19.2 Å². The van der Waals surface area contributed by atoms with Gasteiger partial charge in [0, 0.05) is 61.1 Å². The monoisotopic (exact) mass is 642 g/mol. The topological polar surface area (TPSA) is 128 Å². The van der Waals surface area contributed by atoms with E-state index in [0.717, 1.165) is 19.3 Å². The molecule has 0 radical (unpaired) electrons. The second-order valence-corrected chi connectivity index (χ2v) is 13.7. The number of carboxylic acids is 1. The lowest BCUT2D eigenvalue weighted by atomic mass is 9.38. The number of hydrogen-bond donors (Lipinski definition) is 2. The third-order valence-corrected chi connectivity index (χ3v) is 10.7. The van der Waals surface area contributed by atoms with Crippen molar-refractivity contribution < 1.29 is 28.6 Å². The zero-order chi connectivity index (χ0) is 30.8. The van der Waals surface area contributed by atoms with E-state index < -0.39 is 23.8 Å². The number of halogens is 2. The van der Waals surface area contributed by atoms with Crippen LogP contribution in [0.3, 0.4) is 0 Å². The molecule has 2 bridgehead atoms. The smallest absolute Gasteiger partial charge is 0.338 e. The molecule has 4 heterocycles. The lowest BCUT2D eigenvalue weighted by Crippen LogP contribution is -2.75. The number of aromatic nitrogens is 1. The Bertz CT molecular complexity index is 1580. The number of fused-ring (bicyclic) bond motifs is 1. The van der Waals surface area contributed by atoms with Crippen LogP contribution in [0.25, 0.3) is 0 Å². The molecule has 8 rings (SSSR count). The van der Waals surface area contributed by atoms with Gasteiger partial charge in [-0.1, -0.05) is 23.7 Å². The van der Waals surface area contributed by atoms with Crippen LogP contribution in [-0.2, 0) is 14.3 Å². The SMILES string of the molecule is CCOC(=O)C1=C(CN2CCN3C(=O)N(C45CC(CC(=O)O)(C4)C5)CC3C2)NC(c2nccs2)=NC1c1cccc(F)c1Cl. The van der Waals surface area contributed by atoms with Crippen molar-refractivity contribution in [3.05, 3.63) is 62.5 Å². The molecule has 0 spiro atoms. The molecule has 44 heavy (non-hydrogen) atoms. The number of aliphatic carboxylic acids is 1. The fourth-order valence-corrected chi connectivity index (χ4v) is 8.66. The summed E-state index contributed by atoms with van der Waals surface area (Å²) in [6.45, 7) is 4.51. The molecular formula is C30H32ClFN6O5S. The van der Waals surface area contributed by atoms with Gasteiger partial charge in [0.25, 0.3) is 0 Å². The maximum Gasteiger partial charge on any atom is 0.338 e. The minimum atomic E-state index is -0.917. The largest absolute Gasteiger partial charge is 0.481 e. The number of carbonyl (C=O) groups excluding carboxylic acids is 2. The summed E-state index contributed by atoms with van der Waals surface area (Å²) in [5.74, 6) is -1.50. The highest BCUT2D eigenvalue weighted by molar-refractivity contribution is 7.11. The van der Waals surface area contributed by atoms with Crippen molar-refractivity contribution in [1.29, 1.82) is 0 Å². The number of benzene rings is 1. The van der Waals surface area contributed by atoms with Gasteiger partial charge in [-0.25, -0.2) is 19.0 Å². The number of nitrogens with one attached hydrogen (secondary N) is 1. The molecular weight excluding hydrogens is 611 g/mol. The van der Waals surface area contributed by atoms with Gasteiger partial charge in [-0.05, 0) is 37.7 Å². The number of rotatable bonds is 9. The van der Waals surface area contributed by atoms with Gasteiger partial charge in [-0.3, -0.25) is 14.7 Å². The number of amides is 2. The van der Waals surface area contributed by atoms with Crippen LogP contribution >= 0.6 is 22.9 Å². The van der Waals surface area contributed by atoms with Crippen LogP contribution in [0.5, 0.6) is 0 Å². The predicted octanol–water partition coefficient (Wildman–Crippen LogP) is 3.66. The second kappa shape index (κ2) is 10.8. The van der Waals surface area contributed by atoms with Gasteiger partial charge in [-0.2, -0.15) is 0 Å². The molecule has 3 aliphatic heterocycles. The van der Waals surface area contributed by atoms with E-state index in [2.05, 4.69) is 15.2 Å². The molecule has 2 atom stereocenters. The molecule has 3 aliphatic carbocycles.